The van der Waals surface area contributed by atoms with Crippen LogP contribution >= 0.6 is 0 Å². The lowest BCUT2D eigenvalue weighted by molar-refractivity contribution is 0.115. The Bertz CT molecular complexity index is 178. The fourth-order valence-electron chi connectivity index (χ4n) is 2.95. The van der Waals surface area contributed by atoms with Crippen LogP contribution in [0.5, 0.6) is 0 Å². The van der Waals surface area contributed by atoms with Crippen LogP contribution in [0.3, 0.4) is 0 Å². The van der Waals surface area contributed by atoms with E-state index in [0.717, 1.165) is 19.0 Å². The quantitative estimate of drug-likeness (QED) is 0.750. The van der Waals surface area contributed by atoms with Crippen molar-refractivity contribution in [2.24, 2.45) is 5.73 Å². The van der Waals surface area contributed by atoms with Crippen molar-refractivity contribution in [3.05, 3.63) is 0 Å². The molecule has 0 saturated carbocycles. The normalized spacial score (nSPS) is 29.8. The van der Waals surface area contributed by atoms with Gasteiger partial charge in [-0.2, -0.15) is 0 Å². The van der Waals surface area contributed by atoms with Crippen molar-refractivity contribution >= 4 is 0 Å². The second kappa shape index (κ2) is 5.83. The number of likely N-dealkylation sites (tertiary alicyclic amines) is 2. The molecule has 2 fully saturated rings. The molecule has 15 heavy (non-hydrogen) atoms. The Morgan fingerprint density at radius 3 is 2.60 bits per heavy atom. The van der Waals surface area contributed by atoms with E-state index in [1.54, 1.807) is 0 Å². The van der Waals surface area contributed by atoms with Crippen molar-refractivity contribution in [2.45, 2.75) is 38.1 Å². The van der Waals surface area contributed by atoms with Crippen LogP contribution in [0.1, 0.15) is 32.1 Å². The lowest BCUT2D eigenvalue weighted by Crippen LogP contribution is -2.47. The van der Waals surface area contributed by atoms with Gasteiger partial charge in [-0.1, -0.05) is 0 Å². The molecule has 1 atom stereocenters. The van der Waals surface area contributed by atoms with Crippen LogP contribution in [0.15, 0.2) is 0 Å². The first-order valence-electron chi connectivity index (χ1n) is 6.56. The molecule has 2 aliphatic rings. The highest BCUT2D eigenvalue weighted by Crippen LogP contribution is 2.20. The number of nitrogens with two attached hydrogens (primary N) is 1. The van der Waals surface area contributed by atoms with Gasteiger partial charge in [0.05, 0.1) is 0 Å². The van der Waals surface area contributed by atoms with Crippen molar-refractivity contribution in [3.8, 4) is 0 Å². The predicted molar refractivity (Wildman–Crippen MR) is 63.9 cm³/mol. The van der Waals surface area contributed by atoms with Crippen LogP contribution < -0.4 is 5.73 Å². The van der Waals surface area contributed by atoms with Gasteiger partial charge in [-0.3, -0.25) is 4.90 Å². The number of nitrogens with zero attached hydrogens (tertiary/aromatic N) is 2. The van der Waals surface area contributed by atoms with Gasteiger partial charge in [0, 0.05) is 12.6 Å². The van der Waals surface area contributed by atoms with Crippen LogP contribution in [-0.2, 0) is 0 Å². The van der Waals surface area contributed by atoms with Gasteiger partial charge in [0.25, 0.3) is 0 Å². The molecule has 3 heteroatoms. The lowest BCUT2D eigenvalue weighted by Gasteiger charge is -2.37. The minimum atomic E-state index is 0.838. The largest absolute Gasteiger partial charge is 0.330 e. The van der Waals surface area contributed by atoms with E-state index in [9.17, 15) is 0 Å². The molecular weight excluding hydrogens is 186 g/mol. The fraction of sp³-hybridized carbons (Fsp3) is 1.00. The Labute approximate surface area is 93.6 Å². The van der Waals surface area contributed by atoms with E-state index in [2.05, 4.69) is 9.80 Å². The van der Waals surface area contributed by atoms with Gasteiger partial charge in [0.1, 0.15) is 0 Å². The molecule has 2 rings (SSSR count). The highest BCUT2D eigenvalue weighted by Gasteiger charge is 2.26. The Morgan fingerprint density at radius 1 is 1.07 bits per heavy atom. The molecule has 2 aliphatic heterocycles. The van der Waals surface area contributed by atoms with E-state index >= 15 is 0 Å². The minimum absolute atomic E-state index is 0.838. The Kier molecular flexibility index (Phi) is 4.42. The van der Waals surface area contributed by atoms with Gasteiger partial charge in [-0.05, 0) is 64.8 Å². The maximum atomic E-state index is 5.57. The number of piperidine rings is 1. The number of hydrogen-bond donors (Lipinski definition) is 1. The van der Waals surface area contributed by atoms with Crippen LogP contribution in [0.4, 0.5) is 0 Å². The summed E-state index contributed by atoms with van der Waals surface area (Å²) in [5, 5.41) is 0. The van der Waals surface area contributed by atoms with Crippen molar-refractivity contribution in [1.29, 1.82) is 0 Å². The summed E-state index contributed by atoms with van der Waals surface area (Å²) in [5.41, 5.74) is 5.57. The molecule has 0 spiro atoms. The zero-order chi connectivity index (χ0) is 10.5. The summed E-state index contributed by atoms with van der Waals surface area (Å²) >= 11 is 0. The van der Waals surface area contributed by atoms with Crippen molar-refractivity contribution in [1.82, 2.24) is 9.80 Å². The third-order valence-electron chi connectivity index (χ3n) is 3.82. The van der Waals surface area contributed by atoms with Gasteiger partial charge in [-0.15, -0.1) is 0 Å². The smallest absolute Gasteiger partial charge is 0.0223 e. The highest BCUT2D eigenvalue weighted by atomic mass is 15.2. The maximum absolute atomic E-state index is 5.57. The summed E-state index contributed by atoms with van der Waals surface area (Å²) in [6.45, 7) is 7.32. The summed E-state index contributed by atoms with van der Waals surface area (Å²) < 4.78 is 0. The van der Waals surface area contributed by atoms with Crippen LogP contribution in [-0.4, -0.2) is 55.1 Å². The SMILES string of the molecule is NCCCN1CCCC(N2CCCC2)C1. The molecule has 0 amide bonds. The highest BCUT2D eigenvalue weighted by molar-refractivity contribution is 4.83. The van der Waals surface area contributed by atoms with E-state index in [1.165, 1.54) is 58.4 Å². The second-order valence-corrected chi connectivity index (χ2v) is 4.98. The third kappa shape index (κ3) is 3.16. The minimum Gasteiger partial charge on any atom is -0.330 e. The fourth-order valence-corrected chi connectivity index (χ4v) is 2.95. The van der Waals surface area contributed by atoms with Crippen LogP contribution in [0, 0.1) is 0 Å². The summed E-state index contributed by atoms with van der Waals surface area (Å²) in [7, 11) is 0. The van der Waals surface area contributed by atoms with Gasteiger partial charge in [-0.25, -0.2) is 0 Å². The molecule has 1 unspecified atom stereocenters. The third-order valence-corrected chi connectivity index (χ3v) is 3.82. The van der Waals surface area contributed by atoms with E-state index in [4.69, 9.17) is 5.73 Å². The molecular formula is C12H25N3. The maximum Gasteiger partial charge on any atom is 0.0223 e. The average Bonchev–Trinajstić information content (AvgIpc) is 2.80. The first kappa shape index (κ1) is 11.4. The van der Waals surface area contributed by atoms with Crippen LogP contribution in [0.25, 0.3) is 0 Å². The summed E-state index contributed by atoms with van der Waals surface area (Å²) in [6.07, 6.45) is 6.79. The monoisotopic (exact) mass is 211 g/mol. The molecule has 3 nitrogen and oxygen atoms in total. The predicted octanol–water partition coefficient (Wildman–Crippen LogP) is 0.895. The topological polar surface area (TPSA) is 32.5 Å². The number of hydrogen-bond acceptors (Lipinski definition) is 3. The molecule has 0 radical (unpaired) electrons. The van der Waals surface area contributed by atoms with E-state index in [0.29, 0.717) is 0 Å². The van der Waals surface area contributed by atoms with E-state index < -0.39 is 0 Å². The van der Waals surface area contributed by atoms with Crippen LogP contribution in [0.2, 0.25) is 0 Å². The standard InChI is InChI=1S/C12H25N3/c13-6-4-8-14-7-3-5-12(11-14)15-9-1-2-10-15/h12H,1-11,13H2. The Morgan fingerprint density at radius 2 is 1.87 bits per heavy atom. The van der Waals surface area contributed by atoms with Crippen molar-refractivity contribution < 1.29 is 0 Å². The van der Waals surface area contributed by atoms with Gasteiger partial charge in [0.2, 0.25) is 0 Å². The van der Waals surface area contributed by atoms with Gasteiger partial charge in [0.15, 0.2) is 0 Å². The molecule has 0 aromatic carbocycles. The molecule has 2 saturated heterocycles. The Hall–Kier alpha value is -0.120. The summed E-state index contributed by atoms with van der Waals surface area (Å²) in [4.78, 5) is 5.31. The van der Waals surface area contributed by atoms with Gasteiger partial charge >= 0.3 is 0 Å². The summed E-state index contributed by atoms with van der Waals surface area (Å²) in [5.74, 6) is 0. The molecule has 2 N–H and O–H groups in total. The second-order valence-electron chi connectivity index (χ2n) is 4.98. The zero-order valence-electron chi connectivity index (χ0n) is 9.83. The van der Waals surface area contributed by atoms with Crippen molar-refractivity contribution in [2.75, 3.05) is 39.3 Å². The summed E-state index contributed by atoms with van der Waals surface area (Å²) in [6, 6.07) is 0.846. The molecule has 0 bridgehead atoms. The lowest BCUT2D eigenvalue weighted by atomic mass is 10.0. The molecule has 0 aliphatic carbocycles. The average molecular weight is 211 g/mol. The van der Waals surface area contributed by atoms with E-state index in [-0.39, 0.29) is 0 Å². The first-order valence-corrected chi connectivity index (χ1v) is 6.56. The molecule has 0 aromatic rings. The Balaban J connectivity index is 1.75. The number of rotatable bonds is 4. The molecule has 0 aromatic heterocycles. The van der Waals surface area contributed by atoms with Crippen molar-refractivity contribution in [3.63, 3.8) is 0 Å². The first-order chi connectivity index (χ1) is 7.40. The molecule has 88 valence electrons. The molecule has 2 heterocycles. The zero-order valence-corrected chi connectivity index (χ0v) is 9.83. The van der Waals surface area contributed by atoms with Gasteiger partial charge < -0.3 is 10.6 Å². The van der Waals surface area contributed by atoms with E-state index in [1.807, 2.05) is 0 Å².